The van der Waals surface area contributed by atoms with E-state index in [1.165, 1.54) is 18.2 Å². The molecule has 6 nitrogen and oxygen atoms in total. The number of carbonyl (C=O) groups is 1. The first kappa shape index (κ1) is 18.2. The van der Waals surface area contributed by atoms with E-state index in [4.69, 9.17) is 9.72 Å². The van der Waals surface area contributed by atoms with Crippen molar-refractivity contribution in [3.8, 4) is 0 Å². The molecule has 1 aliphatic rings. The summed E-state index contributed by atoms with van der Waals surface area (Å²) in [6.07, 6.45) is 0.873. The smallest absolute Gasteiger partial charge is 0.337 e. The van der Waals surface area contributed by atoms with Crippen molar-refractivity contribution in [2.45, 2.75) is 39.7 Å². The summed E-state index contributed by atoms with van der Waals surface area (Å²) in [4.78, 5) is 23.3. The van der Waals surface area contributed by atoms with Gasteiger partial charge in [-0.15, -0.1) is 0 Å². The number of fused-ring (bicyclic) bond motifs is 1. The maximum Gasteiger partial charge on any atom is 0.337 e. The Morgan fingerprint density at radius 2 is 2.08 bits per heavy atom. The zero-order valence-corrected chi connectivity index (χ0v) is 15.9. The third-order valence-corrected chi connectivity index (χ3v) is 4.62. The van der Waals surface area contributed by atoms with E-state index in [9.17, 15) is 4.79 Å². The topological polar surface area (TPSA) is 67.4 Å². The van der Waals surface area contributed by atoms with Crippen LogP contribution in [-0.2, 0) is 17.7 Å². The van der Waals surface area contributed by atoms with Gasteiger partial charge in [0.1, 0.15) is 5.82 Å². The molecule has 1 aromatic carbocycles. The molecule has 0 fully saturated rings. The molecule has 0 amide bonds. The van der Waals surface area contributed by atoms with Crippen molar-refractivity contribution in [3.05, 3.63) is 46.6 Å². The van der Waals surface area contributed by atoms with E-state index in [0.29, 0.717) is 17.4 Å². The number of hydrogen-bond donors (Lipinski definition) is 1. The Kier molecular flexibility index (Phi) is 5.40. The second-order valence-corrected chi connectivity index (χ2v) is 6.81. The van der Waals surface area contributed by atoms with E-state index in [1.54, 1.807) is 0 Å². The number of rotatable bonds is 5. The summed E-state index contributed by atoms with van der Waals surface area (Å²) in [5, 5.41) is 3.23. The van der Waals surface area contributed by atoms with Gasteiger partial charge in [-0.1, -0.05) is 19.9 Å². The van der Waals surface area contributed by atoms with Crippen molar-refractivity contribution < 1.29 is 9.53 Å². The predicted octanol–water partition coefficient (Wildman–Crippen LogP) is 3.38. The van der Waals surface area contributed by atoms with Crippen molar-refractivity contribution in [1.82, 2.24) is 9.97 Å². The monoisotopic (exact) mass is 354 g/mol. The minimum absolute atomic E-state index is 0.289. The van der Waals surface area contributed by atoms with Crippen molar-refractivity contribution in [2.75, 3.05) is 30.4 Å². The molecule has 0 saturated carbocycles. The minimum Gasteiger partial charge on any atom is -0.465 e. The van der Waals surface area contributed by atoms with Crippen LogP contribution in [0.2, 0.25) is 0 Å². The van der Waals surface area contributed by atoms with Crippen LogP contribution in [0.15, 0.2) is 24.3 Å². The van der Waals surface area contributed by atoms with Crippen LogP contribution in [0, 0.1) is 0 Å². The largest absolute Gasteiger partial charge is 0.465 e. The summed E-state index contributed by atoms with van der Waals surface area (Å²) in [7, 11) is 1.41. The van der Waals surface area contributed by atoms with Gasteiger partial charge in [-0.05, 0) is 42.5 Å². The van der Waals surface area contributed by atoms with Crippen LogP contribution < -0.4 is 10.2 Å². The molecule has 2 aromatic rings. The fourth-order valence-electron chi connectivity index (χ4n) is 3.14. The molecule has 0 spiro atoms. The Bertz CT molecular complexity index is 804. The van der Waals surface area contributed by atoms with Gasteiger partial charge in [0.05, 0.1) is 18.4 Å². The number of benzene rings is 1. The molecule has 1 aromatic heterocycles. The fraction of sp³-hybridized carbons (Fsp3) is 0.450. The lowest BCUT2D eigenvalue weighted by molar-refractivity contribution is 0.0600. The van der Waals surface area contributed by atoms with Crippen LogP contribution in [0.3, 0.4) is 0 Å². The van der Waals surface area contributed by atoms with Crippen LogP contribution in [0.5, 0.6) is 0 Å². The molecular formula is C20H26N4O2. The Hall–Kier alpha value is -2.63. The average molecular weight is 354 g/mol. The van der Waals surface area contributed by atoms with Gasteiger partial charge in [0.2, 0.25) is 5.95 Å². The van der Waals surface area contributed by atoms with E-state index < -0.39 is 0 Å². The normalized spacial score (nSPS) is 13.5. The summed E-state index contributed by atoms with van der Waals surface area (Å²) in [5.41, 5.74) is 4.07. The summed E-state index contributed by atoms with van der Waals surface area (Å²) in [6.45, 7) is 8.75. The number of nitrogens with one attached hydrogen (secondary N) is 1. The van der Waals surface area contributed by atoms with Gasteiger partial charge in [-0.2, -0.15) is 4.98 Å². The number of ether oxygens (including phenoxy) is 1. The Morgan fingerprint density at radius 3 is 2.77 bits per heavy atom. The van der Waals surface area contributed by atoms with E-state index in [2.05, 4.69) is 35.1 Å². The lowest BCUT2D eigenvalue weighted by Gasteiger charge is -2.30. The molecule has 0 aliphatic carbocycles. The molecule has 1 N–H and O–H groups in total. The van der Waals surface area contributed by atoms with E-state index in [0.717, 1.165) is 37.6 Å². The Morgan fingerprint density at radius 1 is 1.27 bits per heavy atom. The Balaban J connectivity index is 1.87. The molecule has 0 bridgehead atoms. The highest BCUT2D eigenvalue weighted by atomic mass is 16.5. The molecule has 138 valence electrons. The first-order valence-electron chi connectivity index (χ1n) is 9.09. The number of aromatic nitrogens is 2. The molecule has 0 saturated heterocycles. The van der Waals surface area contributed by atoms with E-state index >= 15 is 0 Å². The van der Waals surface area contributed by atoms with Gasteiger partial charge in [-0.3, -0.25) is 0 Å². The molecule has 2 heterocycles. The lowest BCUT2D eigenvalue weighted by atomic mass is 9.97. The maximum atomic E-state index is 11.7. The average Bonchev–Trinajstić information content (AvgIpc) is 2.66. The van der Waals surface area contributed by atoms with E-state index in [-0.39, 0.29) is 5.97 Å². The number of methoxy groups -OCH3 is 1. The first-order valence-corrected chi connectivity index (χ1v) is 9.09. The molecule has 1 aliphatic heterocycles. The Labute approximate surface area is 154 Å². The number of anilines is 2. The standard InChI is InChI=1S/C20H26N4O2/c1-5-21-20-22-17(13(2)3)11-18(23-20)24-9-8-14-10-15(19(25)26-4)6-7-16(14)12-24/h6-7,10-11,13H,5,8-9,12H2,1-4H3,(H,21,22,23). The number of carbonyl (C=O) groups excluding carboxylic acids is 1. The fourth-order valence-corrected chi connectivity index (χ4v) is 3.14. The van der Waals surface area contributed by atoms with Crippen molar-refractivity contribution in [1.29, 1.82) is 0 Å². The summed E-state index contributed by atoms with van der Waals surface area (Å²) in [6, 6.07) is 7.88. The van der Waals surface area contributed by atoms with Crippen LogP contribution in [0.1, 0.15) is 53.9 Å². The number of esters is 1. The number of hydrogen-bond acceptors (Lipinski definition) is 6. The van der Waals surface area contributed by atoms with Crippen molar-refractivity contribution in [2.24, 2.45) is 0 Å². The zero-order valence-electron chi connectivity index (χ0n) is 15.9. The van der Waals surface area contributed by atoms with Gasteiger partial charge in [-0.25, -0.2) is 9.78 Å². The molecule has 26 heavy (non-hydrogen) atoms. The second-order valence-electron chi connectivity index (χ2n) is 6.81. The minimum atomic E-state index is -0.289. The zero-order chi connectivity index (χ0) is 18.7. The first-order chi connectivity index (χ1) is 12.5. The maximum absolute atomic E-state index is 11.7. The quantitative estimate of drug-likeness (QED) is 0.830. The highest BCUT2D eigenvalue weighted by Crippen LogP contribution is 2.27. The summed E-state index contributed by atoms with van der Waals surface area (Å²) in [5.74, 6) is 1.68. The molecular weight excluding hydrogens is 328 g/mol. The van der Waals surface area contributed by atoms with Gasteiger partial charge in [0.15, 0.2) is 0 Å². The van der Waals surface area contributed by atoms with Crippen LogP contribution in [-0.4, -0.2) is 36.1 Å². The van der Waals surface area contributed by atoms with E-state index in [1.807, 2.05) is 25.1 Å². The van der Waals surface area contributed by atoms with Gasteiger partial charge in [0, 0.05) is 25.7 Å². The third kappa shape index (κ3) is 3.79. The summed E-state index contributed by atoms with van der Waals surface area (Å²) < 4.78 is 4.82. The van der Waals surface area contributed by atoms with Gasteiger partial charge < -0.3 is 15.0 Å². The highest BCUT2D eigenvalue weighted by Gasteiger charge is 2.20. The molecule has 0 atom stereocenters. The molecule has 0 radical (unpaired) electrons. The lowest BCUT2D eigenvalue weighted by Crippen LogP contribution is -2.31. The van der Waals surface area contributed by atoms with Crippen LogP contribution >= 0.6 is 0 Å². The number of nitrogens with zero attached hydrogens (tertiary/aromatic N) is 3. The van der Waals surface area contributed by atoms with Gasteiger partial charge in [0.25, 0.3) is 0 Å². The molecule has 0 unspecified atom stereocenters. The molecule has 3 rings (SSSR count). The molecule has 6 heteroatoms. The predicted molar refractivity (Wildman–Crippen MR) is 103 cm³/mol. The van der Waals surface area contributed by atoms with Crippen LogP contribution in [0.4, 0.5) is 11.8 Å². The van der Waals surface area contributed by atoms with Crippen molar-refractivity contribution in [3.63, 3.8) is 0 Å². The van der Waals surface area contributed by atoms with Gasteiger partial charge >= 0.3 is 5.97 Å². The SMILES string of the molecule is CCNc1nc(C(C)C)cc(N2CCc3cc(C(=O)OC)ccc3C2)n1. The summed E-state index contributed by atoms with van der Waals surface area (Å²) >= 11 is 0. The van der Waals surface area contributed by atoms with Crippen molar-refractivity contribution >= 4 is 17.7 Å². The third-order valence-electron chi connectivity index (χ3n) is 4.62. The highest BCUT2D eigenvalue weighted by molar-refractivity contribution is 5.89. The van der Waals surface area contributed by atoms with Crippen LogP contribution in [0.25, 0.3) is 0 Å². The second kappa shape index (κ2) is 7.72.